The van der Waals surface area contributed by atoms with Crippen LogP contribution in [-0.2, 0) is 11.2 Å². The lowest BCUT2D eigenvalue weighted by molar-refractivity contribution is -0.138. The molecule has 2 aliphatic rings. The van der Waals surface area contributed by atoms with Gasteiger partial charge in [-0.1, -0.05) is 30.3 Å². The molecule has 1 aromatic rings. The van der Waals surface area contributed by atoms with E-state index in [9.17, 15) is 9.59 Å². The number of hydrogen-bond acceptors (Lipinski definition) is 2. The summed E-state index contributed by atoms with van der Waals surface area (Å²) in [7, 11) is 0. The van der Waals surface area contributed by atoms with E-state index in [0.29, 0.717) is 19.0 Å². The molecule has 3 amide bonds. The number of urea groups is 1. The van der Waals surface area contributed by atoms with Crippen LogP contribution in [0.3, 0.4) is 0 Å². The Hall–Kier alpha value is -2.04. The molecule has 2 saturated heterocycles. The van der Waals surface area contributed by atoms with Gasteiger partial charge in [-0.25, -0.2) is 4.79 Å². The van der Waals surface area contributed by atoms with Gasteiger partial charge in [0.05, 0.1) is 0 Å². The average molecular weight is 400 g/mol. The van der Waals surface area contributed by atoms with Crippen LogP contribution in [0, 0.1) is 11.8 Å². The summed E-state index contributed by atoms with van der Waals surface area (Å²) >= 11 is 0. The molecule has 0 aliphatic carbocycles. The van der Waals surface area contributed by atoms with Crippen LogP contribution < -0.4 is 0 Å². The lowest BCUT2D eigenvalue weighted by Gasteiger charge is -2.38. The normalized spacial score (nSPS) is 18.7. The van der Waals surface area contributed by atoms with Crippen LogP contribution in [0.15, 0.2) is 30.3 Å². The minimum Gasteiger partial charge on any atom is -0.342 e. The highest BCUT2D eigenvalue weighted by Gasteiger charge is 2.32. The van der Waals surface area contributed by atoms with Crippen molar-refractivity contribution in [2.45, 2.75) is 52.4 Å². The molecule has 5 nitrogen and oxygen atoms in total. The fourth-order valence-electron chi connectivity index (χ4n) is 4.73. The molecular formula is C24H37N3O2. The summed E-state index contributed by atoms with van der Waals surface area (Å²) in [6.45, 7) is 8.73. The molecule has 0 bridgehead atoms. The van der Waals surface area contributed by atoms with Crippen LogP contribution in [0.25, 0.3) is 0 Å². The quantitative estimate of drug-likeness (QED) is 0.725. The van der Waals surface area contributed by atoms with Crippen molar-refractivity contribution in [1.82, 2.24) is 14.7 Å². The number of piperidine rings is 2. The number of aryl methyl sites for hydroxylation is 1. The molecule has 0 radical (unpaired) electrons. The van der Waals surface area contributed by atoms with E-state index < -0.39 is 0 Å². The third-order valence-electron chi connectivity index (χ3n) is 6.76. The smallest absolute Gasteiger partial charge is 0.319 e. The van der Waals surface area contributed by atoms with Gasteiger partial charge in [-0.3, -0.25) is 4.79 Å². The number of likely N-dealkylation sites (tertiary alicyclic amines) is 2. The molecule has 1 aromatic carbocycles. The number of rotatable bonds is 6. The van der Waals surface area contributed by atoms with Crippen LogP contribution in [0.4, 0.5) is 4.79 Å². The molecule has 0 atom stereocenters. The Kier molecular flexibility index (Phi) is 7.96. The largest absolute Gasteiger partial charge is 0.342 e. The van der Waals surface area contributed by atoms with Crippen LogP contribution >= 0.6 is 0 Å². The lowest BCUT2D eigenvalue weighted by atomic mass is 9.89. The van der Waals surface area contributed by atoms with Crippen LogP contribution in [0.1, 0.15) is 51.5 Å². The number of nitrogens with zero attached hydrogens (tertiary/aromatic N) is 3. The van der Waals surface area contributed by atoms with Gasteiger partial charge in [0.15, 0.2) is 0 Å². The van der Waals surface area contributed by atoms with Crippen LogP contribution in [0.5, 0.6) is 0 Å². The fraction of sp³-hybridized carbons (Fsp3) is 0.667. The van der Waals surface area contributed by atoms with Gasteiger partial charge in [-0.05, 0) is 63.9 Å². The van der Waals surface area contributed by atoms with Crippen LogP contribution in [-0.4, -0.2) is 65.9 Å². The molecule has 29 heavy (non-hydrogen) atoms. The summed E-state index contributed by atoms with van der Waals surface area (Å²) in [4.78, 5) is 31.3. The summed E-state index contributed by atoms with van der Waals surface area (Å²) in [5.41, 5.74) is 1.41. The second-order valence-electron chi connectivity index (χ2n) is 8.51. The zero-order valence-electron chi connectivity index (χ0n) is 18.2. The third-order valence-corrected chi connectivity index (χ3v) is 6.76. The predicted molar refractivity (Wildman–Crippen MR) is 117 cm³/mol. The van der Waals surface area contributed by atoms with Crippen molar-refractivity contribution in [1.29, 1.82) is 0 Å². The number of hydrogen-bond donors (Lipinski definition) is 0. The molecule has 2 heterocycles. The number of amides is 3. The third kappa shape index (κ3) is 5.74. The monoisotopic (exact) mass is 399 g/mol. The van der Waals surface area contributed by atoms with E-state index in [2.05, 4.69) is 35.2 Å². The zero-order chi connectivity index (χ0) is 20.6. The Morgan fingerprint density at radius 1 is 0.897 bits per heavy atom. The maximum Gasteiger partial charge on any atom is 0.319 e. The Labute approximate surface area is 176 Å². The first kappa shape index (κ1) is 21.7. The molecule has 5 heteroatoms. The van der Waals surface area contributed by atoms with Gasteiger partial charge in [0.25, 0.3) is 0 Å². The van der Waals surface area contributed by atoms with Gasteiger partial charge in [0.1, 0.15) is 0 Å². The first-order valence-electron chi connectivity index (χ1n) is 11.5. The Morgan fingerprint density at radius 3 is 2.07 bits per heavy atom. The minimum absolute atomic E-state index is 0.0941. The second kappa shape index (κ2) is 10.7. The Balaban J connectivity index is 1.39. The van der Waals surface area contributed by atoms with Crippen molar-refractivity contribution in [2.75, 3.05) is 39.3 Å². The van der Waals surface area contributed by atoms with E-state index in [1.165, 1.54) is 12.0 Å². The van der Waals surface area contributed by atoms with Gasteiger partial charge in [-0.15, -0.1) is 0 Å². The lowest BCUT2D eigenvalue weighted by Crippen LogP contribution is -2.49. The SMILES string of the molecule is CCN(CC)C(=O)N1CCC(C(=O)N2CCC(CCc3ccccc3)CC2)CC1. The topological polar surface area (TPSA) is 43.9 Å². The first-order chi connectivity index (χ1) is 14.1. The van der Waals surface area contributed by atoms with E-state index in [-0.39, 0.29) is 11.9 Å². The highest BCUT2D eigenvalue weighted by Crippen LogP contribution is 2.26. The van der Waals surface area contributed by atoms with E-state index >= 15 is 0 Å². The van der Waals surface area contributed by atoms with Crippen molar-refractivity contribution in [2.24, 2.45) is 11.8 Å². The van der Waals surface area contributed by atoms with E-state index in [4.69, 9.17) is 0 Å². The molecule has 0 saturated carbocycles. The van der Waals surface area contributed by atoms with Gasteiger partial charge < -0.3 is 14.7 Å². The maximum absolute atomic E-state index is 13.0. The fourth-order valence-corrected chi connectivity index (χ4v) is 4.73. The van der Waals surface area contributed by atoms with Gasteiger partial charge >= 0.3 is 6.03 Å². The number of carbonyl (C=O) groups is 2. The minimum atomic E-state index is 0.0941. The molecule has 2 fully saturated rings. The van der Waals surface area contributed by atoms with E-state index in [0.717, 1.165) is 64.2 Å². The molecule has 0 spiro atoms. The highest BCUT2D eigenvalue weighted by atomic mass is 16.2. The summed E-state index contributed by atoms with van der Waals surface area (Å²) in [5, 5.41) is 0. The molecule has 2 aliphatic heterocycles. The average Bonchev–Trinajstić information content (AvgIpc) is 2.79. The van der Waals surface area contributed by atoms with Gasteiger partial charge in [0.2, 0.25) is 5.91 Å². The summed E-state index contributed by atoms with van der Waals surface area (Å²) in [5.74, 6) is 1.14. The van der Waals surface area contributed by atoms with Crippen molar-refractivity contribution in [3.05, 3.63) is 35.9 Å². The summed E-state index contributed by atoms with van der Waals surface area (Å²) < 4.78 is 0. The Morgan fingerprint density at radius 2 is 1.48 bits per heavy atom. The Bertz CT molecular complexity index is 643. The number of carbonyl (C=O) groups excluding carboxylic acids is 2. The number of benzene rings is 1. The maximum atomic E-state index is 13.0. The van der Waals surface area contributed by atoms with Crippen molar-refractivity contribution < 1.29 is 9.59 Å². The predicted octanol–water partition coefficient (Wildman–Crippen LogP) is 4.03. The standard InChI is InChI=1S/C24H37N3O2/c1-3-25(4-2)24(29)27-18-14-22(15-19-27)23(28)26-16-12-21(13-17-26)11-10-20-8-6-5-7-9-20/h5-9,21-22H,3-4,10-19H2,1-2H3. The molecule has 0 N–H and O–H groups in total. The molecular weight excluding hydrogens is 362 g/mol. The summed E-state index contributed by atoms with van der Waals surface area (Å²) in [6, 6.07) is 10.8. The zero-order valence-corrected chi connectivity index (χ0v) is 18.2. The molecule has 0 unspecified atom stereocenters. The summed E-state index contributed by atoms with van der Waals surface area (Å²) in [6.07, 6.45) is 6.21. The van der Waals surface area contributed by atoms with Gasteiger partial charge in [-0.2, -0.15) is 0 Å². The highest BCUT2D eigenvalue weighted by molar-refractivity contribution is 5.80. The van der Waals surface area contributed by atoms with Crippen molar-refractivity contribution >= 4 is 11.9 Å². The van der Waals surface area contributed by atoms with Crippen molar-refractivity contribution in [3.63, 3.8) is 0 Å². The first-order valence-corrected chi connectivity index (χ1v) is 11.5. The van der Waals surface area contributed by atoms with E-state index in [1.54, 1.807) is 0 Å². The van der Waals surface area contributed by atoms with Gasteiger partial charge in [0, 0.05) is 45.2 Å². The van der Waals surface area contributed by atoms with Crippen LogP contribution in [0.2, 0.25) is 0 Å². The second-order valence-corrected chi connectivity index (χ2v) is 8.51. The molecule has 160 valence electrons. The van der Waals surface area contributed by atoms with E-state index in [1.807, 2.05) is 23.6 Å². The molecule has 3 rings (SSSR count). The molecule has 0 aromatic heterocycles. The van der Waals surface area contributed by atoms with Crippen molar-refractivity contribution in [3.8, 4) is 0 Å².